The Bertz CT molecular complexity index is 1190. The Morgan fingerprint density at radius 1 is 0.931 bits per heavy atom. The second kappa shape index (κ2) is 7.59. The van der Waals surface area contributed by atoms with Crippen LogP contribution in [0.3, 0.4) is 0 Å². The van der Waals surface area contributed by atoms with Crippen molar-refractivity contribution < 1.29 is 14.3 Å². The fourth-order valence-electron chi connectivity index (χ4n) is 3.10. The number of hydrogen-bond donors (Lipinski definition) is 2. The van der Waals surface area contributed by atoms with Gasteiger partial charge in [-0.1, -0.05) is 12.1 Å². The Kier molecular flexibility index (Phi) is 4.83. The molecule has 0 radical (unpaired) electrons. The first-order valence-electron chi connectivity index (χ1n) is 9.10. The molecule has 6 nitrogen and oxygen atoms in total. The summed E-state index contributed by atoms with van der Waals surface area (Å²) in [5, 5.41) is 2.85. The van der Waals surface area contributed by atoms with Crippen LogP contribution in [0.1, 0.15) is 26.3 Å². The van der Waals surface area contributed by atoms with Crippen LogP contribution in [0, 0.1) is 6.92 Å². The first-order valence-corrected chi connectivity index (χ1v) is 9.10. The summed E-state index contributed by atoms with van der Waals surface area (Å²) < 4.78 is 4.66. The van der Waals surface area contributed by atoms with E-state index < -0.39 is 5.97 Å². The fraction of sp³-hybridized carbons (Fsp3) is 0.0870. The van der Waals surface area contributed by atoms with E-state index in [2.05, 4.69) is 20.0 Å². The Morgan fingerprint density at radius 2 is 1.62 bits per heavy atom. The molecule has 0 spiro atoms. The highest BCUT2D eigenvalue weighted by atomic mass is 16.5. The molecule has 6 heteroatoms. The standard InChI is InChI=1S/C23H19N3O3/c1-14-4-3-5-19-20(14)26-21(25-19)15-10-12-18(13-11-15)24-22(27)16-6-8-17(9-7-16)23(28)29-2/h3-13H,1-2H3,(H,24,27)(H,25,26). The number of anilines is 1. The van der Waals surface area contributed by atoms with E-state index in [1.165, 1.54) is 7.11 Å². The van der Waals surface area contributed by atoms with Crippen molar-refractivity contribution in [3.8, 4) is 11.4 Å². The third-order valence-electron chi connectivity index (χ3n) is 4.70. The van der Waals surface area contributed by atoms with E-state index in [0.29, 0.717) is 16.8 Å². The van der Waals surface area contributed by atoms with Crippen LogP contribution in [0.2, 0.25) is 0 Å². The van der Waals surface area contributed by atoms with Gasteiger partial charge in [-0.25, -0.2) is 9.78 Å². The summed E-state index contributed by atoms with van der Waals surface area (Å²) in [5.41, 5.74) is 5.52. The number of rotatable bonds is 4. The molecule has 2 N–H and O–H groups in total. The van der Waals surface area contributed by atoms with Gasteiger partial charge in [0.25, 0.3) is 5.91 Å². The lowest BCUT2D eigenvalue weighted by atomic mass is 10.1. The molecular weight excluding hydrogens is 366 g/mol. The maximum absolute atomic E-state index is 12.4. The Hall–Kier alpha value is -3.93. The molecular formula is C23H19N3O3. The van der Waals surface area contributed by atoms with E-state index in [4.69, 9.17) is 0 Å². The molecule has 0 bridgehead atoms. The average Bonchev–Trinajstić information content (AvgIpc) is 3.19. The zero-order chi connectivity index (χ0) is 20.4. The number of fused-ring (bicyclic) bond motifs is 1. The van der Waals surface area contributed by atoms with Gasteiger partial charge in [0.05, 0.1) is 23.7 Å². The number of hydrogen-bond acceptors (Lipinski definition) is 4. The summed E-state index contributed by atoms with van der Waals surface area (Å²) in [4.78, 5) is 31.9. The van der Waals surface area contributed by atoms with E-state index >= 15 is 0 Å². The molecule has 4 aromatic rings. The fourth-order valence-corrected chi connectivity index (χ4v) is 3.10. The number of nitrogens with zero attached hydrogens (tertiary/aromatic N) is 1. The van der Waals surface area contributed by atoms with Gasteiger partial charge in [-0.05, 0) is 67.1 Å². The van der Waals surface area contributed by atoms with Gasteiger partial charge in [-0.3, -0.25) is 4.79 Å². The van der Waals surface area contributed by atoms with Crippen molar-refractivity contribution in [3.05, 3.63) is 83.4 Å². The minimum atomic E-state index is -0.437. The molecule has 144 valence electrons. The zero-order valence-corrected chi connectivity index (χ0v) is 16.0. The summed E-state index contributed by atoms with van der Waals surface area (Å²) in [5.74, 6) is 0.0902. The number of carbonyl (C=O) groups is 2. The predicted molar refractivity (Wildman–Crippen MR) is 112 cm³/mol. The molecule has 1 heterocycles. The number of esters is 1. The minimum absolute atomic E-state index is 0.256. The van der Waals surface area contributed by atoms with Crippen molar-refractivity contribution >= 4 is 28.6 Å². The van der Waals surface area contributed by atoms with Gasteiger partial charge in [0.2, 0.25) is 0 Å². The molecule has 0 saturated heterocycles. The number of carbonyl (C=O) groups excluding carboxylic acids is 2. The molecule has 29 heavy (non-hydrogen) atoms. The number of aromatic nitrogens is 2. The number of para-hydroxylation sites is 1. The van der Waals surface area contributed by atoms with Crippen LogP contribution >= 0.6 is 0 Å². The van der Waals surface area contributed by atoms with Crippen LogP contribution < -0.4 is 5.32 Å². The number of H-pyrrole nitrogens is 1. The third-order valence-corrected chi connectivity index (χ3v) is 4.70. The lowest BCUT2D eigenvalue weighted by Gasteiger charge is -2.07. The van der Waals surface area contributed by atoms with Crippen LogP contribution in [-0.4, -0.2) is 29.0 Å². The van der Waals surface area contributed by atoms with Gasteiger partial charge in [-0.15, -0.1) is 0 Å². The Balaban J connectivity index is 1.49. The van der Waals surface area contributed by atoms with Crippen LogP contribution in [0.4, 0.5) is 5.69 Å². The highest BCUT2D eigenvalue weighted by Crippen LogP contribution is 2.24. The first-order chi connectivity index (χ1) is 14.0. The van der Waals surface area contributed by atoms with Crippen molar-refractivity contribution in [1.29, 1.82) is 0 Å². The second-order valence-electron chi connectivity index (χ2n) is 6.66. The molecule has 0 fully saturated rings. The molecule has 0 saturated carbocycles. The predicted octanol–water partition coefficient (Wildman–Crippen LogP) is 4.58. The second-order valence-corrected chi connectivity index (χ2v) is 6.66. The highest BCUT2D eigenvalue weighted by molar-refractivity contribution is 6.05. The van der Waals surface area contributed by atoms with Gasteiger partial charge < -0.3 is 15.0 Å². The Morgan fingerprint density at radius 3 is 2.28 bits per heavy atom. The van der Waals surface area contributed by atoms with Gasteiger partial charge in [0, 0.05) is 16.8 Å². The van der Waals surface area contributed by atoms with E-state index in [1.807, 2.05) is 49.4 Å². The topological polar surface area (TPSA) is 84.1 Å². The number of amides is 1. The number of nitrogens with one attached hydrogen (secondary N) is 2. The molecule has 0 unspecified atom stereocenters. The van der Waals surface area contributed by atoms with Crippen LogP contribution in [0.25, 0.3) is 22.4 Å². The molecule has 4 rings (SSSR count). The normalized spacial score (nSPS) is 10.7. The molecule has 1 aromatic heterocycles. The number of ether oxygens (including phenoxy) is 1. The summed E-state index contributed by atoms with van der Waals surface area (Å²) in [6, 6.07) is 19.8. The lowest BCUT2D eigenvalue weighted by molar-refractivity contribution is 0.0600. The maximum Gasteiger partial charge on any atom is 0.337 e. The van der Waals surface area contributed by atoms with E-state index in [-0.39, 0.29) is 5.91 Å². The van der Waals surface area contributed by atoms with Crippen molar-refractivity contribution in [2.75, 3.05) is 12.4 Å². The molecule has 0 aliphatic heterocycles. The molecule has 1 amide bonds. The maximum atomic E-state index is 12.4. The summed E-state index contributed by atoms with van der Waals surface area (Å²) in [7, 11) is 1.32. The summed E-state index contributed by atoms with van der Waals surface area (Å²) >= 11 is 0. The van der Waals surface area contributed by atoms with Gasteiger partial charge >= 0.3 is 5.97 Å². The number of imidazole rings is 1. The number of aromatic amines is 1. The SMILES string of the molecule is COC(=O)c1ccc(C(=O)Nc2ccc(-c3nc4c(C)cccc4[nH]3)cc2)cc1. The molecule has 3 aromatic carbocycles. The van der Waals surface area contributed by atoms with Crippen molar-refractivity contribution in [1.82, 2.24) is 9.97 Å². The van der Waals surface area contributed by atoms with Gasteiger partial charge in [-0.2, -0.15) is 0 Å². The van der Waals surface area contributed by atoms with Crippen LogP contribution in [-0.2, 0) is 4.74 Å². The average molecular weight is 385 g/mol. The highest BCUT2D eigenvalue weighted by Gasteiger charge is 2.10. The van der Waals surface area contributed by atoms with Crippen molar-refractivity contribution in [2.24, 2.45) is 0 Å². The minimum Gasteiger partial charge on any atom is -0.465 e. The van der Waals surface area contributed by atoms with Gasteiger partial charge in [0.1, 0.15) is 5.82 Å². The van der Waals surface area contributed by atoms with E-state index in [0.717, 1.165) is 28.0 Å². The first kappa shape index (κ1) is 18.4. The summed E-state index contributed by atoms with van der Waals surface area (Å²) in [6.45, 7) is 2.03. The van der Waals surface area contributed by atoms with Crippen molar-refractivity contribution in [3.63, 3.8) is 0 Å². The Labute approximate surface area is 167 Å². The summed E-state index contributed by atoms with van der Waals surface area (Å²) in [6.07, 6.45) is 0. The molecule has 0 aliphatic carbocycles. The van der Waals surface area contributed by atoms with Crippen LogP contribution in [0.5, 0.6) is 0 Å². The van der Waals surface area contributed by atoms with E-state index in [9.17, 15) is 9.59 Å². The van der Waals surface area contributed by atoms with Crippen LogP contribution in [0.15, 0.2) is 66.7 Å². The molecule has 0 aliphatic rings. The number of aryl methyl sites for hydroxylation is 1. The third kappa shape index (κ3) is 3.73. The monoisotopic (exact) mass is 385 g/mol. The van der Waals surface area contributed by atoms with Crippen molar-refractivity contribution in [2.45, 2.75) is 6.92 Å². The largest absolute Gasteiger partial charge is 0.465 e. The smallest absolute Gasteiger partial charge is 0.337 e. The lowest BCUT2D eigenvalue weighted by Crippen LogP contribution is -2.12. The quantitative estimate of drug-likeness (QED) is 0.504. The van der Waals surface area contributed by atoms with Gasteiger partial charge in [0.15, 0.2) is 0 Å². The zero-order valence-electron chi connectivity index (χ0n) is 16.0. The number of benzene rings is 3. The number of methoxy groups -OCH3 is 1. The molecule has 0 atom stereocenters. The van der Waals surface area contributed by atoms with E-state index in [1.54, 1.807) is 24.3 Å².